The van der Waals surface area contributed by atoms with Crippen molar-refractivity contribution in [2.45, 2.75) is 31.6 Å². The molecule has 2 rings (SSSR count). The molecule has 1 aromatic carbocycles. The van der Waals surface area contributed by atoms with E-state index in [1.807, 2.05) is 13.0 Å². The van der Waals surface area contributed by atoms with Crippen LogP contribution >= 0.6 is 0 Å². The largest absolute Gasteiger partial charge is 0.494 e. The summed E-state index contributed by atoms with van der Waals surface area (Å²) >= 11 is 0. The monoisotopic (exact) mass is 252 g/mol. The minimum Gasteiger partial charge on any atom is -0.494 e. The van der Waals surface area contributed by atoms with Crippen molar-refractivity contribution in [3.8, 4) is 5.75 Å². The predicted octanol–water partition coefficient (Wildman–Crippen LogP) is 2.60. The van der Waals surface area contributed by atoms with Crippen molar-refractivity contribution in [2.24, 2.45) is 0 Å². The summed E-state index contributed by atoms with van der Waals surface area (Å²) in [6.45, 7) is 1.90. The van der Waals surface area contributed by atoms with Crippen molar-refractivity contribution in [1.82, 2.24) is 0 Å². The van der Waals surface area contributed by atoms with Crippen LogP contribution in [0.1, 0.15) is 30.9 Å². The fourth-order valence-corrected chi connectivity index (χ4v) is 2.72. The molecule has 0 amide bonds. The van der Waals surface area contributed by atoms with Crippen molar-refractivity contribution >= 4 is 5.97 Å². The Hall–Kier alpha value is -1.58. The standard InChI is InChI=1S/C14H17FO3/c1-14(8-11(16)18-3)7-6-9-4-5-10(17-2)13(15)12(9)14/h4-5H,6-8H2,1-3H3/t14-/m1/s1. The Kier molecular flexibility index (Phi) is 3.28. The quantitative estimate of drug-likeness (QED) is 0.776. The zero-order valence-corrected chi connectivity index (χ0v) is 10.9. The van der Waals surface area contributed by atoms with Gasteiger partial charge in [0.05, 0.1) is 20.6 Å². The Bertz CT molecular complexity index is 484. The average Bonchev–Trinajstić information content (AvgIpc) is 2.68. The van der Waals surface area contributed by atoms with Crippen LogP contribution in [0.4, 0.5) is 4.39 Å². The van der Waals surface area contributed by atoms with E-state index in [0.717, 1.165) is 18.4 Å². The summed E-state index contributed by atoms with van der Waals surface area (Å²) in [5, 5.41) is 0. The van der Waals surface area contributed by atoms with E-state index in [0.29, 0.717) is 5.56 Å². The second-order valence-electron chi connectivity index (χ2n) is 4.93. The van der Waals surface area contributed by atoms with E-state index in [9.17, 15) is 9.18 Å². The number of carbonyl (C=O) groups excluding carboxylic acids is 1. The topological polar surface area (TPSA) is 35.5 Å². The molecular weight excluding hydrogens is 235 g/mol. The van der Waals surface area contributed by atoms with Gasteiger partial charge in [0.2, 0.25) is 0 Å². The minimum absolute atomic E-state index is 0.195. The Labute approximate surface area is 106 Å². The van der Waals surface area contributed by atoms with Crippen LogP contribution in [-0.4, -0.2) is 20.2 Å². The molecule has 0 aliphatic heterocycles. The van der Waals surface area contributed by atoms with Crippen molar-refractivity contribution in [3.05, 3.63) is 29.1 Å². The summed E-state index contributed by atoms with van der Waals surface area (Å²) in [6.07, 6.45) is 1.73. The van der Waals surface area contributed by atoms with Crippen molar-refractivity contribution in [1.29, 1.82) is 0 Å². The van der Waals surface area contributed by atoms with Crippen molar-refractivity contribution in [2.75, 3.05) is 14.2 Å². The number of hydrogen-bond donors (Lipinski definition) is 0. The van der Waals surface area contributed by atoms with Gasteiger partial charge in [-0.3, -0.25) is 4.79 Å². The molecule has 0 saturated heterocycles. The van der Waals surface area contributed by atoms with E-state index in [1.165, 1.54) is 14.2 Å². The Morgan fingerprint density at radius 3 is 2.78 bits per heavy atom. The van der Waals surface area contributed by atoms with Gasteiger partial charge in [-0.2, -0.15) is 0 Å². The fraction of sp³-hybridized carbons (Fsp3) is 0.500. The molecular formula is C14H17FO3. The van der Waals surface area contributed by atoms with Gasteiger partial charge in [-0.05, 0) is 24.5 Å². The van der Waals surface area contributed by atoms with E-state index in [2.05, 4.69) is 0 Å². The number of fused-ring (bicyclic) bond motifs is 1. The number of halogens is 1. The predicted molar refractivity (Wildman–Crippen MR) is 65.3 cm³/mol. The highest BCUT2D eigenvalue weighted by Crippen LogP contribution is 2.44. The first kappa shape index (κ1) is 12.9. The lowest BCUT2D eigenvalue weighted by molar-refractivity contribution is -0.142. The van der Waals surface area contributed by atoms with Gasteiger partial charge in [0.15, 0.2) is 11.6 Å². The van der Waals surface area contributed by atoms with Gasteiger partial charge in [0.25, 0.3) is 0 Å². The zero-order valence-electron chi connectivity index (χ0n) is 10.9. The molecule has 0 saturated carbocycles. The molecule has 0 fully saturated rings. The summed E-state index contributed by atoms with van der Waals surface area (Å²) < 4.78 is 24.0. The van der Waals surface area contributed by atoms with Gasteiger partial charge in [-0.25, -0.2) is 4.39 Å². The van der Waals surface area contributed by atoms with E-state index in [1.54, 1.807) is 6.07 Å². The number of methoxy groups -OCH3 is 2. The maximum atomic E-state index is 14.3. The molecule has 0 bridgehead atoms. The molecule has 1 aliphatic rings. The Balaban J connectivity index is 2.45. The van der Waals surface area contributed by atoms with Gasteiger partial charge < -0.3 is 9.47 Å². The highest BCUT2D eigenvalue weighted by molar-refractivity contribution is 5.72. The van der Waals surface area contributed by atoms with Crippen LogP contribution in [0.2, 0.25) is 0 Å². The van der Waals surface area contributed by atoms with E-state index >= 15 is 0 Å². The number of carbonyl (C=O) groups is 1. The smallest absolute Gasteiger partial charge is 0.306 e. The molecule has 0 radical (unpaired) electrons. The van der Waals surface area contributed by atoms with Crippen LogP contribution in [0.3, 0.4) is 0 Å². The van der Waals surface area contributed by atoms with E-state index < -0.39 is 5.41 Å². The molecule has 18 heavy (non-hydrogen) atoms. The molecule has 1 aromatic rings. The van der Waals surface area contributed by atoms with Crippen LogP contribution < -0.4 is 4.74 Å². The minimum atomic E-state index is -0.499. The molecule has 0 heterocycles. The summed E-state index contributed by atoms with van der Waals surface area (Å²) in [5.41, 5.74) is 1.06. The third-order valence-electron chi connectivity index (χ3n) is 3.72. The highest BCUT2D eigenvalue weighted by Gasteiger charge is 2.40. The van der Waals surface area contributed by atoms with Crippen LogP contribution in [0, 0.1) is 5.82 Å². The number of esters is 1. The summed E-state index contributed by atoms with van der Waals surface area (Å²) in [5.74, 6) is -0.432. The lowest BCUT2D eigenvalue weighted by Gasteiger charge is -2.24. The third-order valence-corrected chi connectivity index (χ3v) is 3.72. The second kappa shape index (κ2) is 4.59. The number of rotatable bonds is 3. The number of ether oxygens (including phenoxy) is 2. The van der Waals surface area contributed by atoms with Gasteiger partial charge in [-0.1, -0.05) is 13.0 Å². The summed E-state index contributed by atoms with van der Waals surface area (Å²) in [7, 11) is 2.79. The van der Waals surface area contributed by atoms with Crippen LogP contribution in [0.15, 0.2) is 12.1 Å². The number of benzene rings is 1. The molecule has 98 valence electrons. The van der Waals surface area contributed by atoms with Gasteiger partial charge in [0.1, 0.15) is 0 Å². The van der Waals surface area contributed by atoms with Crippen LogP contribution in [-0.2, 0) is 21.4 Å². The molecule has 4 heteroatoms. The third kappa shape index (κ3) is 1.96. The molecule has 0 aromatic heterocycles. The highest BCUT2D eigenvalue weighted by atomic mass is 19.1. The molecule has 3 nitrogen and oxygen atoms in total. The van der Waals surface area contributed by atoms with Crippen LogP contribution in [0.5, 0.6) is 5.75 Å². The number of aryl methyl sites for hydroxylation is 1. The summed E-state index contributed by atoms with van der Waals surface area (Å²) in [4.78, 5) is 11.5. The Morgan fingerprint density at radius 1 is 1.44 bits per heavy atom. The van der Waals surface area contributed by atoms with E-state index in [4.69, 9.17) is 9.47 Å². The van der Waals surface area contributed by atoms with Gasteiger partial charge in [0, 0.05) is 11.0 Å². The molecule has 0 unspecified atom stereocenters. The van der Waals surface area contributed by atoms with Crippen molar-refractivity contribution in [3.63, 3.8) is 0 Å². The molecule has 1 atom stereocenters. The molecule has 1 aliphatic carbocycles. The molecule has 0 spiro atoms. The first-order chi connectivity index (χ1) is 8.51. The summed E-state index contributed by atoms with van der Waals surface area (Å²) in [6, 6.07) is 3.51. The maximum absolute atomic E-state index is 14.3. The van der Waals surface area contributed by atoms with E-state index in [-0.39, 0.29) is 24.0 Å². The first-order valence-electron chi connectivity index (χ1n) is 5.94. The second-order valence-corrected chi connectivity index (χ2v) is 4.93. The zero-order chi connectivity index (χ0) is 13.3. The normalized spacial score (nSPS) is 21.6. The molecule has 0 N–H and O–H groups in total. The lowest BCUT2D eigenvalue weighted by Crippen LogP contribution is -2.25. The average molecular weight is 252 g/mol. The maximum Gasteiger partial charge on any atom is 0.306 e. The lowest BCUT2D eigenvalue weighted by atomic mass is 9.80. The van der Waals surface area contributed by atoms with Crippen molar-refractivity contribution < 1.29 is 18.7 Å². The fourth-order valence-electron chi connectivity index (χ4n) is 2.72. The van der Waals surface area contributed by atoms with Gasteiger partial charge >= 0.3 is 5.97 Å². The van der Waals surface area contributed by atoms with Gasteiger partial charge in [-0.15, -0.1) is 0 Å². The van der Waals surface area contributed by atoms with Crippen LogP contribution in [0.25, 0.3) is 0 Å². The Morgan fingerprint density at radius 2 is 2.17 bits per heavy atom. The first-order valence-corrected chi connectivity index (χ1v) is 5.94. The number of hydrogen-bond acceptors (Lipinski definition) is 3. The SMILES string of the molecule is COC(=O)C[C@@]1(C)CCc2ccc(OC)c(F)c21.